The van der Waals surface area contributed by atoms with Gasteiger partial charge in [0.05, 0.1) is 23.0 Å². The first kappa shape index (κ1) is 49.2. The summed E-state index contributed by atoms with van der Waals surface area (Å²) in [5.74, 6) is -2.48. The third-order valence-corrected chi connectivity index (χ3v) is 11.0. The Kier molecular flexibility index (Phi) is 16.8. The van der Waals surface area contributed by atoms with Crippen LogP contribution in [0.3, 0.4) is 0 Å². The van der Waals surface area contributed by atoms with Crippen molar-refractivity contribution in [3.8, 4) is 40.0 Å². The Morgan fingerprint density at radius 1 is 0.892 bits per heavy atom. The second-order valence-corrected chi connectivity index (χ2v) is 16.8. The van der Waals surface area contributed by atoms with Crippen LogP contribution in [0.1, 0.15) is 72.9 Å². The van der Waals surface area contributed by atoms with Crippen molar-refractivity contribution < 1.29 is 33.4 Å². The minimum absolute atomic E-state index is 0.00577. The van der Waals surface area contributed by atoms with Gasteiger partial charge in [-0.15, -0.1) is 0 Å². The molecule has 5 rings (SSSR count). The highest BCUT2D eigenvalue weighted by Gasteiger charge is 2.36. The van der Waals surface area contributed by atoms with Gasteiger partial charge in [0.25, 0.3) is 5.91 Å². The number of aryl methyl sites for hydroxylation is 1. The van der Waals surface area contributed by atoms with Crippen molar-refractivity contribution in [2.45, 2.75) is 77.0 Å². The summed E-state index contributed by atoms with van der Waals surface area (Å²) in [6.07, 6.45) is 0.0273. The molecule has 0 saturated carbocycles. The molecule has 4 atom stereocenters. The summed E-state index contributed by atoms with van der Waals surface area (Å²) in [5.41, 5.74) is 23.0. The van der Waals surface area contributed by atoms with E-state index in [1.165, 1.54) is 24.4 Å². The normalized spacial score (nSPS) is 16.7. The van der Waals surface area contributed by atoms with Crippen LogP contribution in [0.5, 0.6) is 11.5 Å². The molecule has 1 aliphatic heterocycles. The third kappa shape index (κ3) is 12.2. The zero-order valence-electron chi connectivity index (χ0n) is 37.8. The lowest BCUT2D eigenvalue weighted by molar-refractivity contribution is -0.141. The molecule has 2 heterocycles. The number of ether oxygens (including phenoxy) is 2. The van der Waals surface area contributed by atoms with Crippen LogP contribution >= 0.6 is 0 Å². The standard InChI is InChI=1S/C48H60N10O7/c1-28-34(13-14-37(54-28)31-8-11-33(12-9-31)48(3,4)5)44(60)56-38(17-18-49)47(63)58(6)42-32-10-16-41(65-24-21-52)36(27-32)35-25-30(7-15-40(35)64-23-20-51)26-39(45(61)53-22-19-50)57-43(59)29(2)55-46(42)62/h7-16,25,27,29,38-39,42H,17-18,20-24,26,49,51-52H2,1-6H3,(H,53,61)(H,55,62)(H,56,60)(H,57,59)/t29-,38-,39-,42-/m0/s1. The van der Waals surface area contributed by atoms with Gasteiger partial charge in [-0.3, -0.25) is 29.0 Å². The first-order valence-electron chi connectivity index (χ1n) is 21.6. The molecule has 0 fully saturated rings. The minimum Gasteiger partial charge on any atom is -0.492 e. The summed E-state index contributed by atoms with van der Waals surface area (Å²) < 4.78 is 12.2. The number of carbonyl (C=O) groups is 5. The summed E-state index contributed by atoms with van der Waals surface area (Å²) in [7, 11) is 1.42. The Balaban J connectivity index is 1.55. The Hall–Kier alpha value is -6.87. The molecular weight excluding hydrogens is 829 g/mol. The first-order chi connectivity index (χ1) is 31.0. The number of likely N-dealkylation sites (N-methyl/N-ethyl adjacent to an activating group) is 1. The van der Waals surface area contributed by atoms with Gasteiger partial charge in [-0.05, 0) is 85.3 Å². The summed E-state index contributed by atoms with van der Waals surface area (Å²) in [6.45, 7) is 9.97. The summed E-state index contributed by atoms with van der Waals surface area (Å²) in [5, 5.41) is 19.9. The lowest BCUT2D eigenvalue weighted by Crippen LogP contribution is -2.56. The molecule has 0 spiro atoms. The van der Waals surface area contributed by atoms with Crippen molar-refractivity contribution in [3.63, 3.8) is 0 Å². The monoisotopic (exact) mass is 888 g/mol. The zero-order valence-corrected chi connectivity index (χ0v) is 37.8. The zero-order chi connectivity index (χ0) is 47.4. The number of aromatic nitrogens is 1. The number of benzene rings is 3. The van der Waals surface area contributed by atoms with Gasteiger partial charge in [-0.25, -0.2) is 0 Å². The highest BCUT2D eigenvalue weighted by Crippen LogP contribution is 2.40. The number of nitrogens with zero attached hydrogens (tertiary/aromatic N) is 3. The summed E-state index contributed by atoms with van der Waals surface area (Å²) in [6, 6.07) is 18.6. The number of hydrogen-bond acceptors (Lipinski definition) is 12. The molecule has 17 heteroatoms. The number of nitrogens with one attached hydrogen (secondary N) is 4. The Bertz CT molecular complexity index is 2410. The second-order valence-electron chi connectivity index (χ2n) is 16.8. The maximum atomic E-state index is 14.7. The molecule has 10 N–H and O–H groups in total. The number of nitriles is 1. The van der Waals surface area contributed by atoms with E-state index in [0.717, 1.165) is 5.56 Å². The van der Waals surface area contributed by atoms with Crippen molar-refractivity contribution in [2.75, 3.05) is 46.4 Å². The Morgan fingerprint density at radius 3 is 2.14 bits per heavy atom. The van der Waals surface area contributed by atoms with Gasteiger partial charge in [0.2, 0.25) is 23.6 Å². The van der Waals surface area contributed by atoms with Crippen LogP contribution in [0.15, 0.2) is 72.8 Å². The van der Waals surface area contributed by atoms with E-state index in [2.05, 4.69) is 54.2 Å². The lowest BCUT2D eigenvalue weighted by atomic mass is 9.86. The average Bonchev–Trinajstić information content (AvgIpc) is 3.28. The maximum absolute atomic E-state index is 14.7. The van der Waals surface area contributed by atoms with Crippen LogP contribution < -0.4 is 47.9 Å². The molecule has 0 saturated heterocycles. The van der Waals surface area contributed by atoms with Crippen molar-refractivity contribution in [1.82, 2.24) is 31.2 Å². The molecule has 4 bridgehead atoms. The van der Waals surface area contributed by atoms with Crippen LogP contribution in [0.25, 0.3) is 22.4 Å². The molecule has 17 nitrogen and oxygen atoms in total. The maximum Gasteiger partial charge on any atom is 0.253 e. The molecule has 1 aromatic heterocycles. The van der Waals surface area contributed by atoms with Crippen molar-refractivity contribution >= 4 is 29.5 Å². The van der Waals surface area contributed by atoms with Crippen LogP contribution in [0.2, 0.25) is 0 Å². The van der Waals surface area contributed by atoms with E-state index in [0.29, 0.717) is 45.1 Å². The van der Waals surface area contributed by atoms with E-state index in [1.807, 2.05) is 18.2 Å². The van der Waals surface area contributed by atoms with E-state index < -0.39 is 53.7 Å². The number of nitrogens with two attached hydrogens (primary N) is 3. The quantitative estimate of drug-likeness (QED) is 0.0850. The average molecular weight is 889 g/mol. The van der Waals surface area contributed by atoms with Gasteiger partial charge in [-0.1, -0.05) is 57.2 Å². The van der Waals surface area contributed by atoms with Crippen LogP contribution in [-0.2, 0) is 31.0 Å². The smallest absolute Gasteiger partial charge is 0.253 e. The van der Waals surface area contributed by atoms with E-state index in [-0.39, 0.29) is 63.2 Å². The van der Waals surface area contributed by atoms with Gasteiger partial charge < -0.3 is 52.8 Å². The van der Waals surface area contributed by atoms with E-state index in [9.17, 15) is 24.0 Å². The Labute approximate surface area is 379 Å². The predicted molar refractivity (Wildman–Crippen MR) is 246 cm³/mol. The number of hydrogen-bond donors (Lipinski definition) is 7. The molecule has 1 aliphatic rings. The highest BCUT2D eigenvalue weighted by molar-refractivity contribution is 6.00. The minimum atomic E-state index is -1.39. The number of rotatable bonds is 15. The number of amides is 5. The predicted octanol–water partition coefficient (Wildman–Crippen LogP) is 2.53. The van der Waals surface area contributed by atoms with Crippen molar-refractivity contribution in [1.29, 1.82) is 5.26 Å². The molecule has 3 aromatic carbocycles. The van der Waals surface area contributed by atoms with Gasteiger partial charge in [0, 0.05) is 43.2 Å². The largest absolute Gasteiger partial charge is 0.492 e. The number of fused-ring (bicyclic) bond motifs is 5. The molecule has 65 heavy (non-hydrogen) atoms. The molecule has 0 aliphatic carbocycles. The molecule has 344 valence electrons. The van der Waals surface area contributed by atoms with E-state index in [1.54, 1.807) is 55.5 Å². The molecule has 4 aromatic rings. The molecule has 5 amide bonds. The van der Waals surface area contributed by atoms with Crippen LogP contribution in [-0.4, -0.2) is 104 Å². The van der Waals surface area contributed by atoms with Crippen LogP contribution in [0, 0.1) is 18.3 Å². The fraction of sp³-hybridized carbons (Fsp3) is 0.396. The Morgan fingerprint density at radius 2 is 1.54 bits per heavy atom. The number of pyridine rings is 1. The third-order valence-electron chi connectivity index (χ3n) is 11.0. The fourth-order valence-corrected chi connectivity index (χ4v) is 7.47. The summed E-state index contributed by atoms with van der Waals surface area (Å²) >= 11 is 0. The second kappa shape index (κ2) is 22.2. The van der Waals surface area contributed by atoms with E-state index >= 15 is 0 Å². The van der Waals surface area contributed by atoms with E-state index in [4.69, 9.17) is 36.9 Å². The molecule has 0 radical (unpaired) electrons. The fourth-order valence-electron chi connectivity index (χ4n) is 7.47. The van der Waals surface area contributed by atoms with Crippen LogP contribution in [0.4, 0.5) is 0 Å². The molecular formula is C48H60N10O7. The number of carbonyl (C=O) groups excluding carboxylic acids is 5. The molecule has 0 unspecified atom stereocenters. The lowest BCUT2D eigenvalue weighted by Gasteiger charge is -2.32. The summed E-state index contributed by atoms with van der Waals surface area (Å²) in [4.78, 5) is 76.1. The van der Waals surface area contributed by atoms with Gasteiger partial charge in [0.15, 0.2) is 0 Å². The SMILES string of the molecule is Cc1nc(-c2ccc(C(C)(C)C)cc2)ccc1C(=O)N[C@@H](CCN)C(=O)N(C)[C@@H]1C(=O)N[C@@H](C)C(=O)N[C@H](C(=O)NCC#N)Cc2ccc(OCCN)c(c2)-c2cc1ccc2OCCN. The van der Waals surface area contributed by atoms with Gasteiger partial charge in [-0.2, -0.15) is 5.26 Å². The van der Waals surface area contributed by atoms with Gasteiger partial charge >= 0.3 is 0 Å². The van der Waals surface area contributed by atoms with Crippen molar-refractivity contribution in [2.24, 2.45) is 17.2 Å². The topological polar surface area (TPSA) is 270 Å². The van der Waals surface area contributed by atoms with Gasteiger partial charge in [0.1, 0.15) is 55.4 Å². The first-order valence-corrected chi connectivity index (χ1v) is 21.6. The van der Waals surface area contributed by atoms with Crippen molar-refractivity contribution in [3.05, 3.63) is 101 Å². The highest BCUT2D eigenvalue weighted by atomic mass is 16.5.